The lowest BCUT2D eigenvalue weighted by atomic mass is 9.96. The van der Waals surface area contributed by atoms with Crippen molar-refractivity contribution < 1.29 is 0 Å². The lowest BCUT2D eigenvalue weighted by Gasteiger charge is -2.14. The quantitative estimate of drug-likeness (QED) is 0.889. The Hall–Kier alpha value is -1.60. The zero-order chi connectivity index (χ0) is 13.9. The molecule has 20 heavy (non-hydrogen) atoms. The Morgan fingerprint density at radius 1 is 0.950 bits per heavy atom. The first kappa shape index (κ1) is 13.4. The predicted octanol–water partition coefficient (Wildman–Crippen LogP) is 3.98. The van der Waals surface area contributed by atoms with Gasteiger partial charge in [0.25, 0.3) is 0 Å². The average molecular weight is 265 g/mol. The number of benzene rings is 2. The monoisotopic (exact) mass is 265 g/mol. The molecule has 0 aliphatic heterocycles. The molecule has 0 spiro atoms. The van der Waals surface area contributed by atoms with Gasteiger partial charge in [0.15, 0.2) is 0 Å². The van der Waals surface area contributed by atoms with E-state index in [9.17, 15) is 0 Å². The van der Waals surface area contributed by atoms with Crippen LogP contribution in [0.5, 0.6) is 0 Å². The van der Waals surface area contributed by atoms with Gasteiger partial charge >= 0.3 is 0 Å². The van der Waals surface area contributed by atoms with Crippen molar-refractivity contribution in [1.29, 1.82) is 0 Å². The minimum absolute atomic E-state index is 0.105. The van der Waals surface area contributed by atoms with Crippen LogP contribution >= 0.6 is 0 Å². The number of hydrogen-bond donors (Lipinski definition) is 1. The van der Waals surface area contributed by atoms with E-state index in [2.05, 4.69) is 49.4 Å². The van der Waals surface area contributed by atoms with Crippen molar-refractivity contribution in [3.63, 3.8) is 0 Å². The van der Waals surface area contributed by atoms with Crippen molar-refractivity contribution >= 4 is 0 Å². The molecular weight excluding hydrogens is 242 g/mol. The maximum Gasteiger partial charge on any atom is 0.0335 e. The molecular formula is C19H23N. The third kappa shape index (κ3) is 2.78. The van der Waals surface area contributed by atoms with Gasteiger partial charge in [-0.3, -0.25) is 0 Å². The molecule has 0 bridgehead atoms. The third-order valence-corrected chi connectivity index (χ3v) is 4.44. The second-order valence-electron chi connectivity index (χ2n) is 5.86. The van der Waals surface area contributed by atoms with Crippen LogP contribution in [0, 0.1) is 0 Å². The van der Waals surface area contributed by atoms with E-state index < -0.39 is 0 Å². The topological polar surface area (TPSA) is 26.0 Å². The zero-order valence-corrected chi connectivity index (χ0v) is 12.2. The van der Waals surface area contributed by atoms with Crippen molar-refractivity contribution in [3.05, 3.63) is 70.3 Å². The summed E-state index contributed by atoms with van der Waals surface area (Å²) < 4.78 is 0. The SMILES string of the molecule is CCc1ccc(CC(N)c2ccc3c(c2)CCC3)cc1. The third-order valence-electron chi connectivity index (χ3n) is 4.44. The van der Waals surface area contributed by atoms with Crippen LogP contribution in [0.4, 0.5) is 0 Å². The summed E-state index contributed by atoms with van der Waals surface area (Å²) >= 11 is 0. The van der Waals surface area contributed by atoms with Crippen molar-refractivity contribution in [1.82, 2.24) is 0 Å². The molecule has 1 aliphatic carbocycles. The van der Waals surface area contributed by atoms with Crippen LogP contribution in [-0.4, -0.2) is 0 Å². The standard InChI is InChI=1S/C19H23N/c1-2-14-6-8-15(9-7-14)12-19(20)18-11-10-16-4-3-5-17(16)13-18/h6-11,13,19H,2-5,12,20H2,1H3. The fourth-order valence-corrected chi connectivity index (χ4v) is 3.11. The maximum atomic E-state index is 6.39. The molecule has 0 heterocycles. The number of fused-ring (bicyclic) bond motifs is 1. The Morgan fingerprint density at radius 3 is 2.40 bits per heavy atom. The molecule has 1 unspecified atom stereocenters. The van der Waals surface area contributed by atoms with Gasteiger partial charge in [0.2, 0.25) is 0 Å². The summed E-state index contributed by atoms with van der Waals surface area (Å²) in [6.07, 6.45) is 5.77. The Bertz CT molecular complexity index is 583. The molecule has 0 saturated carbocycles. The first-order valence-electron chi connectivity index (χ1n) is 7.71. The smallest absolute Gasteiger partial charge is 0.0335 e. The van der Waals surface area contributed by atoms with Crippen molar-refractivity contribution in [3.8, 4) is 0 Å². The van der Waals surface area contributed by atoms with E-state index in [1.54, 1.807) is 0 Å². The summed E-state index contributed by atoms with van der Waals surface area (Å²) in [5.41, 5.74) is 13.4. The molecule has 1 nitrogen and oxygen atoms in total. The first-order chi connectivity index (χ1) is 9.76. The fraction of sp³-hybridized carbons (Fsp3) is 0.368. The predicted molar refractivity (Wildman–Crippen MR) is 84.9 cm³/mol. The minimum Gasteiger partial charge on any atom is -0.324 e. The largest absolute Gasteiger partial charge is 0.324 e. The molecule has 1 aliphatic rings. The molecule has 0 saturated heterocycles. The van der Waals surface area contributed by atoms with E-state index in [0.717, 1.165) is 12.8 Å². The highest BCUT2D eigenvalue weighted by molar-refractivity contribution is 5.37. The number of nitrogens with two attached hydrogens (primary N) is 1. The van der Waals surface area contributed by atoms with Gasteiger partial charge in [0, 0.05) is 6.04 Å². The molecule has 3 rings (SSSR count). The number of hydrogen-bond acceptors (Lipinski definition) is 1. The van der Waals surface area contributed by atoms with E-state index in [4.69, 9.17) is 5.73 Å². The highest BCUT2D eigenvalue weighted by Gasteiger charge is 2.14. The van der Waals surface area contributed by atoms with Crippen LogP contribution in [0.3, 0.4) is 0 Å². The average Bonchev–Trinajstić information content (AvgIpc) is 2.95. The summed E-state index contributed by atoms with van der Waals surface area (Å²) in [4.78, 5) is 0. The van der Waals surface area contributed by atoms with Gasteiger partial charge in [-0.05, 0) is 59.9 Å². The molecule has 104 valence electrons. The van der Waals surface area contributed by atoms with Crippen molar-refractivity contribution in [2.45, 2.75) is 45.1 Å². The van der Waals surface area contributed by atoms with Crippen molar-refractivity contribution in [2.75, 3.05) is 0 Å². The second kappa shape index (κ2) is 5.80. The molecule has 0 amide bonds. The summed E-state index contributed by atoms with van der Waals surface area (Å²) in [5, 5.41) is 0. The molecule has 2 N–H and O–H groups in total. The Labute approximate surface area is 121 Å². The lowest BCUT2D eigenvalue weighted by Crippen LogP contribution is -2.13. The molecule has 1 atom stereocenters. The summed E-state index contributed by atoms with van der Waals surface area (Å²) in [6.45, 7) is 2.19. The Morgan fingerprint density at radius 2 is 1.65 bits per heavy atom. The summed E-state index contributed by atoms with van der Waals surface area (Å²) in [6, 6.07) is 15.8. The van der Waals surface area contributed by atoms with Crippen LogP contribution in [0.2, 0.25) is 0 Å². The lowest BCUT2D eigenvalue weighted by molar-refractivity contribution is 0.720. The van der Waals surface area contributed by atoms with E-state index >= 15 is 0 Å². The molecule has 0 fully saturated rings. The molecule has 2 aromatic carbocycles. The Kier molecular flexibility index (Phi) is 3.88. The normalized spacial score (nSPS) is 15.1. The van der Waals surface area contributed by atoms with Gasteiger partial charge in [-0.15, -0.1) is 0 Å². The van der Waals surface area contributed by atoms with Gasteiger partial charge in [-0.25, -0.2) is 0 Å². The fourth-order valence-electron chi connectivity index (χ4n) is 3.11. The molecule has 0 aromatic heterocycles. The van der Waals surface area contributed by atoms with Crippen LogP contribution in [-0.2, 0) is 25.7 Å². The van der Waals surface area contributed by atoms with Crippen LogP contribution in [0.1, 0.15) is 47.2 Å². The van der Waals surface area contributed by atoms with E-state index in [0.29, 0.717) is 0 Å². The maximum absolute atomic E-state index is 6.39. The highest BCUT2D eigenvalue weighted by Crippen LogP contribution is 2.26. The first-order valence-corrected chi connectivity index (χ1v) is 7.71. The molecule has 0 radical (unpaired) electrons. The minimum atomic E-state index is 0.105. The summed E-state index contributed by atoms with van der Waals surface area (Å²) in [5.74, 6) is 0. The van der Waals surface area contributed by atoms with Gasteiger partial charge < -0.3 is 5.73 Å². The van der Waals surface area contributed by atoms with Gasteiger partial charge in [-0.2, -0.15) is 0 Å². The molecule has 2 aromatic rings. The number of rotatable bonds is 4. The van der Waals surface area contributed by atoms with Crippen LogP contribution < -0.4 is 5.73 Å². The van der Waals surface area contributed by atoms with E-state index in [1.807, 2.05) is 0 Å². The van der Waals surface area contributed by atoms with Gasteiger partial charge in [-0.1, -0.05) is 49.4 Å². The Balaban J connectivity index is 1.73. The summed E-state index contributed by atoms with van der Waals surface area (Å²) in [7, 11) is 0. The molecule has 1 heteroatoms. The zero-order valence-electron chi connectivity index (χ0n) is 12.2. The van der Waals surface area contributed by atoms with Gasteiger partial charge in [0.1, 0.15) is 0 Å². The van der Waals surface area contributed by atoms with E-state index in [1.165, 1.54) is 47.1 Å². The van der Waals surface area contributed by atoms with Crippen LogP contribution in [0.15, 0.2) is 42.5 Å². The number of aryl methyl sites for hydroxylation is 3. The second-order valence-corrected chi connectivity index (χ2v) is 5.86. The highest BCUT2D eigenvalue weighted by atomic mass is 14.6. The van der Waals surface area contributed by atoms with Crippen LogP contribution in [0.25, 0.3) is 0 Å². The van der Waals surface area contributed by atoms with Crippen molar-refractivity contribution in [2.24, 2.45) is 5.73 Å². The van der Waals surface area contributed by atoms with Gasteiger partial charge in [0.05, 0.1) is 0 Å². The van der Waals surface area contributed by atoms with E-state index in [-0.39, 0.29) is 6.04 Å².